The van der Waals surface area contributed by atoms with Crippen LogP contribution < -0.4 is 0 Å². The molecule has 2 aromatic heterocycles. The standard InChI is InChI=1S/C77H88F2N2O4/c1-21-47-23-27-55-56-28-24-49(74(7,8)9)39-65(56)81(64(55)35-47)68-42-52(77(16,17)18)38-60(70(68)83)62-44-54(79)34-46(3)72(62)85(20)32-22-31-84(19)71-45(2)33-53(78)43-61(71)59-37-51(76(13,14)15)41-67(69(59)82)80-63-30-26-48(73(4,5)6)36-58(63)57-29-25-50(40-66(57)80)75(10,11)12/h23-30,33-44,82-83H,19-22,31-32H2,1-18H3. The molecule has 0 saturated carbocycles. The molecule has 0 saturated heterocycles. The van der Waals surface area contributed by atoms with Crippen LogP contribution in [0.15, 0.2) is 121 Å². The van der Waals surface area contributed by atoms with Gasteiger partial charge in [-0.2, -0.15) is 0 Å². The smallest absolute Gasteiger partial charge is 0.237 e. The molecule has 2 N–H and O–H groups in total. The second-order valence-electron chi connectivity index (χ2n) is 29.1. The molecule has 10 rings (SSSR count). The summed E-state index contributed by atoms with van der Waals surface area (Å²) in [5.41, 5.74) is 13.9. The summed E-state index contributed by atoms with van der Waals surface area (Å²) < 4.78 is 42.6. The second-order valence-corrected chi connectivity index (χ2v) is 29.1. The van der Waals surface area contributed by atoms with E-state index >= 15 is 8.78 Å². The van der Waals surface area contributed by atoms with Crippen LogP contribution in [0.1, 0.15) is 162 Å². The Morgan fingerprint density at radius 2 is 0.765 bits per heavy atom. The van der Waals surface area contributed by atoms with Crippen LogP contribution in [0.5, 0.6) is 23.0 Å². The van der Waals surface area contributed by atoms with Crippen molar-refractivity contribution < 1.29 is 27.7 Å². The lowest BCUT2D eigenvalue weighted by Crippen LogP contribution is -2.14. The van der Waals surface area contributed by atoms with E-state index in [1.807, 2.05) is 26.0 Å². The van der Waals surface area contributed by atoms with E-state index in [0.29, 0.717) is 75.9 Å². The average Bonchev–Trinajstić information content (AvgIpc) is 1.81. The van der Waals surface area contributed by atoms with Crippen molar-refractivity contribution in [1.82, 2.24) is 9.13 Å². The lowest BCUT2D eigenvalue weighted by molar-refractivity contribution is -0.0170. The first kappa shape index (κ1) is 60.5. The van der Waals surface area contributed by atoms with E-state index in [2.05, 4.69) is 228 Å². The molecule has 444 valence electrons. The van der Waals surface area contributed by atoms with Crippen LogP contribution in [-0.2, 0) is 42.2 Å². The molecule has 0 amide bonds. The molecule has 10 aromatic rings. The van der Waals surface area contributed by atoms with Crippen molar-refractivity contribution in [2.24, 2.45) is 0 Å². The van der Waals surface area contributed by atoms with Crippen LogP contribution >= 0.6 is 0 Å². The van der Waals surface area contributed by atoms with Gasteiger partial charge in [-0.25, -0.2) is 8.78 Å². The van der Waals surface area contributed by atoms with Crippen molar-refractivity contribution in [3.63, 3.8) is 0 Å². The lowest BCUT2D eigenvalue weighted by atomic mass is 9.84. The zero-order chi connectivity index (χ0) is 61.9. The van der Waals surface area contributed by atoms with E-state index in [4.69, 9.17) is 0 Å². The number of hydrogen-bond donors (Lipinski definition) is 2. The predicted octanol–water partition coefficient (Wildman–Crippen LogP) is 21.8. The Labute approximate surface area is 504 Å². The maximum atomic E-state index is 16.1. The molecule has 0 spiro atoms. The van der Waals surface area contributed by atoms with Gasteiger partial charge in [0.05, 0.1) is 44.6 Å². The Bertz CT molecular complexity index is 4270. The maximum absolute atomic E-state index is 16.1. The van der Waals surface area contributed by atoms with E-state index in [1.54, 1.807) is 0 Å². The fraction of sp³-hybridized carbons (Fsp3) is 0.351. The molecule has 0 aliphatic carbocycles. The zero-order valence-corrected chi connectivity index (χ0v) is 53.7. The number of phenols is 2. The molecule has 0 fully saturated rings. The fourth-order valence-corrected chi connectivity index (χ4v) is 12.3. The third-order valence-corrected chi connectivity index (χ3v) is 17.4. The molecule has 0 bridgehead atoms. The Morgan fingerprint density at radius 3 is 1.18 bits per heavy atom. The minimum absolute atomic E-state index is 0.0207. The van der Waals surface area contributed by atoms with Crippen molar-refractivity contribution in [2.75, 3.05) is 13.2 Å². The van der Waals surface area contributed by atoms with Crippen molar-refractivity contribution in [3.05, 3.63) is 192 Å². The number of nitrogens with zero attached hydrogens (tertiary/aromatic N) is 2. The summed E-state index contributed by atoms with van der Waals surface area (Å²) in [6.07, 6.45) is 1.32. The quantitative estimate of drug-likeness (QED) is 0.100. The van der Waals surface area contributed by atoms with Gasteiger partial charge in [0.25, 0.3) is 0 Å². The largest absolute Gasteiger partial charge is 0.711 e. The number of rotatable bonds is 11. The van der Waals surface area contributed by atoms with Crippen LogP contribution in [0.25, 0.3) is 77.2 Å². The third kappa shape index (κ3) is 11.2. The Hall–Kier alpha value is -7.58. The van der Waals surface area contributed by atoms with E-state index in [1.165, 1.54) is 46.5 Å². The van der Waals surface area contributed by atoms with Gasteiger partial charge < -0.3 is 28.1 Å². The van der Waals surface area contributed by atoms with Gasteiger partial charge >= 0.3 is 0 Å². The number of halogens is 2. The van der Waals surface area contributed by atoms with Crippen molar-refractivity contribution >= 4 is 43.6 Å². The van der Waals surface area contributed by atoms with Crippen LogP contribution in [-0.4, -0.2) is 32.6 Å². The summed E-state index contributed by atoms with van der Waals surface area (Å²) in [5.74, 6) is 0.375. The molecular formula is C77H88F2N2O4. The van der Waals surface area contributed by atoms with Crippen LogP contribution in [0.4, 0.5) is 8.78 Å². The van der Waals surface area contributed by atoms with E-state index in [0.717, 1.165) is 61.2 Å². The molecule has 2 heterocycles. The first-order valence-electron chi connectivity index (χ1n) is 30.1. The molecule has 0 aliphatic rings. The highest BCUT2D eigenvalue weighted by atomic mass is 19.1. The number of phenolic OH excluding ortho intramolecular Hbond substituents is 2. The predicted molar refractivity (Wildman–Crippen MR) is 354 cm³/mol. The van der Waals surface area contributed by atoms with E-state index in [9.17, 15) is 10.2 Å². The van der Waals surface area contributed by atoms with Gasteiger partial charge in [0, 0.05) is 43.8 Å². The summed E-state index contributed by atoms with van der Waals surface area (Å²) in [6, 6.07) is 40.7. The highest BCUT2D eigenvalue weighted by Crippen LogP contribution is 2.51. The summed E-state index contributed by atoms with van der Waals surface area (Å²) in [7, 11) is 9.04. The van der Waals surface area contributed by atoms with E-state index < -0.39 is 11.6 Å². The van der Waals surface area contributed by atoms with Gasteiger partial charge in [-0.15, -0.1) is 0 Å². The molecule has 6 nitrogen and oxygen atoms in total. The first-order chi connectivity index (χ1) is 39.6. The van der Waals surface area contributed by atoms with Crippen molar-refractivity contribution in [3.8, 4) is 56.6 Å². The minimum atomic E-state index is -0.437. The number of benzene rings is 8. The van der Waals surface area contributed by atoms with Gasteiger partial charge in [0.1, 0.15) is 29.6 Å². The molecular weight excluding hydrogens is 1050 g/mol. The van der Waals surface area contributed by atoms with Gasteiger partial charge in [-0.3, -0.25) is 0 Å². The molecule has 0 aliphatic heterocycles. The molecule has 0 atom stereocenters. The fourth-order valence-electron chi connectivity index (χ4n) is 12.3. The third-order valence-electron chi connectivity index (χ3n) is 17.4. The summed E-state index contributed by atoms with van der Waals surface area (Å²) >= 11 is 0. The monoisotopic (exact) mass is 1140 g/mol. The number of aryl methyl sites for hydroxylation is 3. The van der Waals surface area contributed by atoms with E-state index in [-0.39, 0.29) is 38.6 Å². The molecule has 0 radical (unpaired) electrons. The Morgan fingerprint density at radius 1 is 0.400 bits per heavy atom. The zero-order valence-electron chi connectivity index (χ0n) is 53.7. The van der Waals surface area contributed by atoms with Gasteiger partial charge in [-0.05, 0) is 174 Å². The van der Waals surface area contributed by atoms with Gasteiger partial charge in [-0.1, -0.05) is 153 Å². The Kier molecular flexibility index (Phi) is 15.3. The molecule has 0 unspecified atom stereocenters. The highest BCUT2D eigenvalue weighted by molar-refractivity contribution is 6.11. The topological polar surface area (TPSA) is 55.7 Å². The Balaban J connectivity index is 1.06. The summed E-state index contributed by atoms with van der Waals surface area (Å²) in [6.45, 7) is 39.4. The summed E-state index contributed by atoms with van der Waals surface area (Å²) in [5, 5.41) is 30.3. The number of fused-ring (bicyclic) bond motifs is 6. The number of aromatic nitrogens is 2. The molecule has 8 aromatic carbocycles. The molecule has 85 heavy (non-hydrogen) atoms. The molecule has 8 heteroatoms. The number of hydrogen-bond acceptors (Lipinski definition) is 2. The minimum Gasteiger partial charge on any atom is -0.711 e. The van der Waals surface area contributed by atoms with Crippen molar-refractivity contribution in [2.45, 2.75) is 165 Å². The normalized spacial score (nSPS) is 12.9. The van der Waals surface area contributed by atoms with Gasteiger partial charge in [0.2, 0.25) is 11.5 Å². The first-order valence-corrected chi connectivity index (χ1v) is 30.1. The van der Waals surface area contributed by atoms with Crippen molar-refractivity contribution in [1.29, 1.82) is 0 Å². The average molecular weight is 1140 g/mol. The van der Waals surface area contributed by atoms with Gasteiger partial charge in [0.15, 0.2) is 13.2 Å². The highest BCUT2D eigenvalue weighted by Gasteiger charge is 2.31. The van der Waals surface area contributed by atoms with Crippen LogP contribution in [0.2, 0.25) is 0 Å². The van der Waals surface area contributed by atoms with Crippen LogP contribution in [0, 0.1) is 39.7 Å². The second kappa shape index (κ2) is 21.4. The lowest BCUT2D eigenvalue weighted by Gasteiger charge is -2.34. The van der Waals surface area contributed by atoms with Crippen LogP contribution in [0.3, 0.4) is 0 Å². The summed E-state index contributed by atoms with van der Waals surface area (Å²) in [4.78, 5) is 0. The maximum Gasteiger partial charge on any atom is 0.237 e. The number of aromatic hydroxyl groups is 2. The SMILES string of the molecule is [CH2-][O+](CCC[O+]([CH2-])c1c(C)cc(F)cc1-c1cc(C(C)(C)C)cc(-n2c3cc(CC)ccc3c3ccc(C(C)(C)C)cc32)c1O)c1c(C)cc(F)cc1-c1cc(C(C)(C)C)cc(-n2c3ccc(C(C)(C)C)cc3c3ccc(C(C)(C)C)cc32)c1O.